The van der Waals surface area contributed by atoms with Crippen molar-refractivity contribution in [2.75, 3.05) is 38.2 Å². The van der Waals surface area contributed by atoms with Crippen LogP contribution in [0, 0.1) is 0 Å². The highest BCUT2D eigenvalue weighted by molar-refractivity contribution is 7.23. The van der Waals surface area contributed by atoms with E-state index in [0.717, 1.165) is 24.3 Å². The van der Waals surface area contributed by atoms with Crippen LogP contribution in [0.5, 0.6) is 5.75 Å². The van der Waals surface area contributed by atoms with Crippen molar-refractivity contribution in [3.63, 3.8) is 0 Å². The van der Waals surface area contributed by atoms with Crippen LogP contribution >= 0.6 is 46.9 Å². The number of ether oxygens (including phenoxy) is 1. The molecule has 162 valence electrons. The Morgan fingerprint density at radius 3 is 2.50 bits per heavy atom. The lowest BCUT2D eigenvalue weighted by molar-refractivity contribution is 0.0984. The van der Waals surface area contributed by atoms with Crippen LogP contribution in [-0.4, -0.2) is 49.1 Å². The molecule has 0 bridgehead atoms. The molecule has 0 spiro atoms. The number of rotatable bonds is 8. The minimum Gasteiger partial charge on any atom is -0.494 e. The second-order valence-electron chi connectivity index (χ2n) is 6.42. The van der Waals surface area contributed by atoms with Crippen molar-refractivity contribution in [1.82, 2.24) is 9.88 Å². The number of hydrogen-bond acceptors (Lipinski definition) is 5. The number of nitrogens with zero attached hydrogens (tertiary/aromatic N) is 3. The Kier molecular flexibility index (Phi) is 9.19. The predicted octanol–water partition coefficient (Wildman–Crippen LogP) is 6.02. The van der Waals surface area contributed by atoms with Gasteiger partial charge in [0, 0.05) is 23.7 Å². The third-order valence-corrected chi connectivity index (χ3v) is 6.52. The SMILES string of the molecule is CCN(CC)CCN(C(=O)c1cccc(Cl)c1)c1nc2c(OC)ccc(Cl)c2s1.Cl. The lowest BCUT2D eigenvalue weighted by atomic mass is 10.2. The van der Waals surface area contributed by atoms with Crippen LogP contribution in [0.15, 0.2) is 36.4 Å². The molecule has 3 aromatic rings. The Hall–Kier alpha value is -1.57. The van der Waals surface area contributed by atoms with Gasteiger partial charge in [0.15, 0.2) is 5.13 Å². The Morgan fingerprint density at radius 2 is 1.87 bits per heavy atom. The number of amides is 1. The number of benzene rings is 2. The Bertz CT molecular complexity index is 1010. The number of halogens is 3. The van der Waals surface area contributed by atoms with Gasteiger partial charge in [0.25, 0.3) is 5.91 Å². The van der Waals surface area contributed by atoms with Crippen LogP contribution in [-0.2, 0) is 0 Å². The zero-order valence-corrected chi connectivity index (χ0v) is 20.2. The first-order valence-electron chi connectivity index (χ1n) is 9.41. The van der Waals surface area contributed by atoms with Gasteiger partial charge in [-0.05, 0) is 43.4 Å². The Labute approximate surface area is 197 Å². The molecule has 2 aromatic carbocycles. The lowest BCUT2D eigenvalue weighted by Gasteiger charge is -2.24. The third-order valence-electron chi connectivity index (χ3n) is 4.75. The summed E-state index contributed by atoms with van der Waals surface area (Å²) in [6.07, 6.45) is 0. The summed E-state index contributed by atoms with van der Waals surface area (Å²) in [5, 5.41) is 1.69. The van der Waals surface area contributed by atoms with Crippen molar-refractivity contribution in [3.05, 3.63) is 52.0 Å². The zero-order valence-electron chi connectivity index (χ0n) is 17.0. The molecule has 1 aromatic heterocycles. The van der Waals surface area contributed by atoms with Crippen molar-refractivity contribution in [3.8, 4) is 5.75 Å². The van der Waals surface area contributed by atoms with E-state index < -0.39 is 0 Å². The molecular weight excluding hydrogens is 465 g/mol. The topological polar surface area (TPSA) is 45.7 Å². The molecule has 0 saturated heterocycles. The third kappa shape index (κ3) is 5.37. The van der Waals surface area contributed by atoms with E-state index in [2.05, 4.69) is 18.7 Å². The molecule has 9 heteroatoms. The average molecular weight is 489 g/mol. The summed E-state index contributed by atoms with van der Waals surface area (Å²) >= 11 is 13.9. The maximum Gasteiger partial charge on any atom is 0.260 e. The van der Waals surface area contributed by atoms with Gasteiger partial charge in [-0.2, -0.15) is 0 Å². The minimum atomic E-state index is -0.145. The summed E-state index contributed by atoms with van der Waals surface area (Å²) in [5.41, 5.74) is 1.18. The highest BCUT2D eigenvalue weighted by Crippen LogP contribution is 2.39. The fourth-order valence-electron chi connectivity index (χ4n) is 3.06. The summed E-state index contributed by atoms with van der Waals surface area (Å²) in [7, 11) is 1.59. The molecule has 0 atom stereocenters. The summed E-state index contributed by atoms with van der Waals surface area (Å²) < 4.78 is 6.22. The standard InChI is InChI=1S/C21H23Cl2N3O2S.ClH/c1-4-25(5-2)11-12-26(20(27)14-7-6-8-15(22)13-14)21-24-18-17(28-3)10-9-16(23)19(18)29-21;/h6-10,13H,4-5,11-12H2,1-3H3;1H. The first kappa shape index (κ1) is 24.7. The number of carbonyl (C=O) groups is 1. The minimum absolute atomic E-state index is 0. The smallest absolute Gasteiger partial charge is 0.260 e. The monoisotopic (exact) mass is 487 g/mol. The molecule has 0 aliphatic carbocycles. The van der Waals surface area contributed by atoms with Gasteiger partial charge < -0.3 is 9.64 Å². The van der Waals surface area contributed by atoms with Crippen LogP contribution in [0.4, 0.5) is 5.13 Å². The summed E-state index contributed by atoms with van der Waals surface area (Å²) in [6.45, 7) is 7.28. The van der Waals surface area contributed by atoms with Gasteiger partial charge in [0.05, 0.1) is 16.8 Å². The van der Waals surface area contributed by atoms with Gasteiger partial charge in [-0.15, -0.1) is 12.4 Å². The van der Waals surface area contributed by atoms with E-state index in [1.807, 2.05) is 0 Å². The molecule has 0 fully saturated rings. The van der Waals surface area contributed by atoms with Crippen LogP contribution in [0.1, 0.15) is 24.2 Å². The van der Waals surface area contributed by atoms with E-state index in [1.54, 1.807) is 48.4 Å². The number of hydrogen-bond donors (Lipinski definition) is 0. The predicted molar refractivity (Wildman–Crippen MR) is 129 cm³/mol. The van der Waals surface area contributed by atoms with E-state index in [1.165, 1.54) is 11.3 Å². The maximum atomic E-state index is 13.4. The van der Waals surface area contributed by atoms with Crippen LogP contribution in [0.2, 0.25) is 10.0 Å². The Balaban J connectivity index is 0.00000320. The van der Waals surface area contributed by atoms with E-state index in [4.69, 9.17) is 32.9 Å². The molecule has 0 aliphatic heterocycles. The second kappa shape index (κ2) is 11.2. The van der Waals surface area contributed by atoms with E-state index >= 15 is 0 Å². The number of fused-ring (bicyclic) bond motifs is 1. The van der Waals surface area contributed by atoms with Gasteiger partial charge in [-0.3, -0.25) is 9.69 Å². The number of anilines is 1. The molecule has 0 N–H and O–H groups in total. The molecule has 1 heterocycles. The molecule has 1 amide bonds. The molecule has 5 nitrogen and oxygen atoms in total. The number of likely N-dealkylation sites (N-methyl/N-ethyl adjacent to an activating group) is 1. The lowest BCUT2D eigenvalue weighted by Crippen LogP contribution is -2.38. The highest BCUT2D eigenvalue weighted by Gasteiger charge is 2.23. The van der Waals surface area contributed by atoms with E-state index in [-0.39, 0.29) is 18.3 Å². The Morgan fingerprint density at radius 1 is 1.13 bits per heavy atom. The fraction of sp³-hybridized carbons (Fsp3) is 0.333. The normalized spacial score (nSPS) is 10.9. The number of aromatic nitrogens is 1. The van der Waals surface area contributed by atoms with E-state index in [9.17, 15) is 4.79 Å². The second-order valence-corrected chi connectivity index (χ2v) is 8.24. The van der Waals surface area contributed by atoms with Crippen molar-refractivity contribution < 1.29 is 9.53 Å². The molecule has 0 unspecified atom stereocenters. The van der Waals surface area contributed by atoms with Crippen molar-refractivity contribution in [2.45, 2.75) is 13.8 Å². The van der Waals surface area contributed by atoms with Gasteiger partial charge in [0.2, 0.25) is 0 Å². The quantitative estimate of drug-likeness (QED) is 0.389. The van der Waals surface area contributed by atoms with Crippen molar-refractivity contribution in [2.24, 2.45) is 0 Å². The van der Waals surface area contributed by atoms with Gasteiger partial charge in [-0.1, -0.05) is 54.5 Å². The first-order valence-corrected chi connectivity index (χ1v) is 11.0. The van der Waals surface area contributed by atoms with Crippen molar-refractivity contribution >= 4 is 68.2 Å². The molecule has 0 radical (unpaired) electrons. The molecule has 0 aliphatic rings. The van der Waals surface area contributed by atoms with Crippen LogP contribution < -0.4 is 9.64 Å². The number of methoxy groups -OCH3 is 1. The largest absolute Gasteiger partial charge is 0.494 e. The average Bonchev–Trinajstić information content (AvgIpc) is 3.17. The van der Waals surface area contributed by atoms with Crippen LogP contribution in [0.25, 0.3) is 10.2 Å². The molecule has 0 saturated carbocycles. The van der Waals surface area contributed by atoms with Crippen molar-refractivity contribution in [1.29, 1.82) is 0 Å². The maximum absolute atomic E-state index is 13.4. The van der Waals surface area contributed by atoms with Gasteiger partial charge in [0.1, 0.15) is 11.3 Å². The number of carbonyl (C=O) groups excluding carboxylic acids is 1. The highest BCUT2D eigenvalue weighted by atomic mass is 35.5. The summed E-state index contributed by atoms with van der Waals surface area (Å²) in [4.78, 5) is 22.0. The molecule has 30 heavy (non-hydrogen) atoms. The first-order chi connectivity index (χ1) is 14.0. The molecule has 3 rings (SSSR count). The molecular formula is C21H24Cl3N3O2S. The van der Waals surface area contributed by atoms with Gasteiger partial charge >= 0.3 is 0 Å². The summed E-state index contributed by atoms with van der Waals surface area (Å²) in [6, 6.07) is 10.5. The van der Waals surface area contributed by atoms with Gasteiger partial charge in [-0.25, -0.2) is 4.98 Å². The fourth-order valence-corrected chi connectivity index (χ4v) is 4.53. The zero-order chi connectivity index (χ0) is 21.0. The van der Waals surface area contributed by atoms with Crippen LogP contribution in [0.3, 0.4) is 0 Å². The summed E-state index contributed by atoms with van der Waals surface area (Å²) in [5.74, 6) is 0.486. The number of thiazole rings is 1. The van der Waals surface area contributed by atoms with E-state index in [0.29, 0.717) is 38.6 Å².